The van der Waals surface area contributed by atoms with E-state index < -0.39 is 29.2 Å². The van der Waals surface area contributed by atoms with E-state index in [9.17, 15) is 19.5 Å². The predicted molar refractivity (Wildman–Crippen MR) is 139 cm³/mol. The summed E-state index contributed by atoms with van der Waals surface area (Å²) in [4.78, 5) is 49.1. The first-order valence-electron chi connectivity index (χ1n) is 10.5. The van der Waals surface area contributed by atoms with E-state index in [0.717, 1.165) is 21.2 Å². The number of rotatable bonds is 8. The minimum Gasteiger partial charge on any atom is -0.477 e. The van der Waals surface area contributed by atoms with Crippen LogP contribution in [-0.2, 0) is 24.6 Å². The number of carbonyl (C=O) groups is 3. The lowest BCUT2D eigenvalue weighted by Gasteiger charge is -2.49. The maximum absolute atomic E-state index is 13.0. The van der Waals surface area contributed by atoms with Crippen LogP contribution in [0.3, 0.4) is 0 Å². The van der Waals surface area contributed by atoms with E-state index in [1.165, 1.54) is 47.1 Å². The molecule has 192 valence electrons. The van der Waals surface area contributed by atoms with E-state index in [1.54, 1.807) is 5.38 Å². The average molecular weight is 570 g/mol. The fourth-order valence-corrected chi connectivity index (χ4v) is 7.63. The number of aliphatic carboxylic acids is 1. The third-order valence-corrected chi connectivity index (χ3v) is 9.57. The summed E-state index contributed by atoms with van der Waals surface area (Å²) in [5, 5.41) is 22.5. The number of carbonyl (C=O) groups excluding carboxylic acids is 2. The number of carboxylic acids is 1. The number of carboxylic acid groups (broad SMARTS) is 1. The van der Waals surface area contributed by atoms with Gasteiger partial charge in [-0.25, -0.2) is 9.78 Å². The highest BCUT2D eigenvalue weighted by atomic mass is 32.2. The Morgan fingerprint density at radius 2 is 2.17 bits per heavy atom. The maximum Gasteiger partial charge on any atom is 0.352 e. The topological polar surface area (TPSA) is 173 Å². The molecule has 0 aliphatic carbocycles. The van der Waals surface area contributed by atoms with Crippen molar-refractivity contribution < 1.29 is 24.3 Å². The Hall–Kier alpha value is -2.69. The number of aromatic nitrogens is 3. The summed E-state index contributed by atoms with van der Waals surface area (Å²) in [5.74, 6) is -1.64. The number of hydrogen-bond donors (Lipinski definition) is 3. The minimum absolute atomic E-state index is 0.0553. The number of β-lactam (4-membered cyclic amide) rings is 1. The Morgan fingerprint density at radius 3 is 2.78 bits per heavy atom. The maximum atomic E-state index is 13.0. The summed E-state index contributed by atoms with van der Waals surface area (Å²) in [5.41, 5.74) is 6.15. The molecule has 4 N–H and O–H groups in total. The monoisotopic (exact) mass is 569 g/mol. The van der Waals surface area contributed by atoms with Crippen molar-refractivity contribution in [2.45, 2.75) is 42.6 Å². The van der Waals surface area contributed by atoms with Gasteiger partial charge in [0.15, 0.2) is 10.8 Å². The van der Waals surface area contributed by atoms with Gasteiger partial charge in [-0.3, -0.25) is 14.5 Å². The highest BCUT2D eigenvalue weighted by Gasteiger charge is 2.54. The Kier molecular flexibility index (Phi) is 7.59. The molecule has 2 atom stereocenters. The molecule has 0 bridgehead atoms. The zero-order valence-electron chi connectivity index (χ0n) is 19.7. The van der Waals surface area contributed by atoms with Crippen molar-refractivity contribution in [2.24, 2.45) is 5.16 Å². The number of nitrogens with zero attached hydrogens (tertiary/aromatic N) is 5. The van der Waals surface area contributed by atoms with Gasteiger partial charge in [-0.05, 0) is 17.1 Å². The lowest BCUT2D eigenvalue weighted by molar-refractivity contribution is -0.150. The number of amides is 2. The normalized spacial score (nSPS) is 20.2. The van der Waals surface area contributed by atoms with Gasteiger partial charge >= 0.3 is 5.97 Å². The third kappa shape index (κ3) is 5.07. The Balaban J connectivity index is 1.50. The predicted octanol–water partition coefficient (Wildman–Crippen LogP) is 1.76. The number of oxime groups is 1. The summed E-state index contributed by atoms with van der Waals surface area (Å²) >= 11 is 5.24. The smallest absolute Gasteiger partial charge is 0.352 e. The lowest BCUT2D eigenvalue weighted by atomic mass is 9.95. The number of fused-ring (bicyclic) bond motifs is 1. The fraction of sp³-hybridized carbons (Fsp3) is 0.450. The molecule has 0 aromatic carbocycles. The summed E-state index contributed by atoms with van der Waals surface area (Å²) in [7, 11) is 1.28. The minimum atomic E-state index is -1.19. The first kappa shape index (κ1) is 26.4. The van der Waals surface area contributed by atoms with Crippen LogP contribution in [0.15, 0.2) is 26.8 Å². The molecule has 12 nitrogen and oxygen atoms in total. The number of nitrogen functional groups attached to an aromatic ring is 1. The largest absolute Gasteiger partial charge is 0.477 e. The highest BCUT2D eigenvalue weighted by Crippen LogP contribution is 2.42. The molecule has 0 saturated carbocycles. The van der Waals surface area contributed by atoms with Crippen LogP contribution in [0.1, 0.15) is 31.3 Å². The van der Waals surface area contributed by atoms with Crippen molar-refractivity contribution in [3.8, 4) is 0 Å². The molecule has 2 amide bonds. The molecule has 16 heteroatoms. The van der Waals surface area contributed by atoms with Crippen LogP contribution >= 0.6 is 46.4 Å². The van der Waals surface area contributed by atoms with E-state index in [0.29, 0.717) is 17.1 Å². The SMILES string of the molecule is CO/N=C(\C(=O)NC1C(=O)N2C(C(=O)O)=C(CSc3nnsc3C(C)(C)C)CSC12)c1csc(N)n1. The van der Waals surface area contributed by atoms with Crippen LogP contribution in [0.25, 0.3) is 0 Å². The molecule has 0 radical (unpaired) electrons. The Morgan fingerprint density at radius 1 is 1.42 bits per heavy atom. The van der Waals surface area contributed by atoms with Gasteiger partial charge in [0.25, 0.3) is 11.8 Å². The molecule has 1 fully saturated rings. The second kappa shape index (κ2) is 10.4. The Bertz CT molecular complexity index is 1270. The quantitative estimate of drug-likeness (QED) is 0.183. The molecule has 2 aliphatic heterocycles. The molecule has 2 aliphatic rings. The zero-order chi connectivity index (χ0) is 26.2. The van der Waals surface area contributed by atoms with Crippen LogP contribution < -0.4 is 11.1 Å². The van der Waals surface area contributed by atoms with Gasteiger partial charge in [-0.15, -0.1) is 28.2 Å². The van der Waals surface area contributed by atoms with Crippen LogP contribution in [0, 0.1) is 0 Å². The van der Waals surface area contributed by atoms with Crippen molar-refractivity contribution >= 4 is 75.0 Å². The van der Waals surface area contributed by atoms with E-state index in [-0.39, 0.29) is 27.6 Å². The van der Waals surface area contributed by atoms with E-state index in [2.05, 4.69) is 45.8 Å². The molecule has 0 spiro atoms. The second-order valence-corrected chi connectivity index (χ2v) is 12.5. The van der Waals surface area contributed by atoms with Gasteiger partial charge in [0.05, 0.1) is 4.88 Å². The standard InChI is InChI=1S/C20H23N7O5S4/c1-20(2,3)13-15(24-26-36-13)33-5-8-6-34-17-11(16(29)27(17)12(8)18(30)31)23-14(28)10(25-32-4)9-7-35-19(21)22-9/h7,11,17H,5-6H2,1-4H3,(H2,21,22)(H,23,28)(H,30,31)/b25-10-. The Labute approximate surface area is 222 Å². The zero-order valence-corrected chi connectivity index (χ0v) is 22.9. The van der Waals surface area contributed by atoms with Gasteiger partial charge < -0.3 is 21.0 Å². The van der Waals surface area contributed by atoms with Gasteiger partial charge in [-0.2, -0.15) is 0 Å². The summed E-state index contributed by atoms with van der Waals surface area (Å²) < 4.78 is 4.04. The molecule has 2 unspecified atom stereocenters. The first-order valence-corrected chi connectivity index (χ1v) is 14.2. The first-order chi connectivity index (χ1) is 17.0. The van der Waals surface area contributed by atoms with Gasteiger partial charge in [0.1, 0.15) is 34.9 Å². The number of anilines is 1. The number of thioether (sulfide) groups is 2. The molecule has 2 aromatic heterocycles. The summed E-state index contributed by atoms with van der Waals surface area (Å²) in [6.07, 6.45) is 0. The number of nitrogens with one attached hydrogen (secondary N) is 1. The summed E-state index contributed by atoms with van der Waals surface area (Å²) in [6, 6.07) is -0.917. The van der Waals surface area contributed by atoms with E-state index >= 15 is 0 Å². The van der Waals surface area contributed by atoms with Crippen molar-refractivity contribution in [3.05, 3.63) is 27.2 Å². The van der Waals surface area contributed by atoms with Gasteiger partial charge in [-0.1, -0.05) is 42.2 Å². The molecular weight excluding hydrogens is 547 g/mol. The van der Waals surface area contributed by atoms with E-state index in [4.69, 9.17) is 10.6 Å². The van der Waals surface area contributed by atoms with Crippen LogP contribution in [0.5, 0.6) is 0 Å². The second-order valence-electron chi connectivity index (χ2n) is 8.76. The molecule has 1 saturated heterocycles. The molecule has 2 aromatic rings. The molecule has 36 heavy (non-hydrogen) atoms. The number of nitrogens with two attached hydrogens (primary N) is 1. The molecule has 4 rings (SSSR count). The highest BCUT2D eigenvalue weighted by molar-refractivity contribution is 8.01. The summed E-state index contributed by atoms with van der Waals surface area (Å²) in [6.45, 7) is 6.19. The van der Waals surface area contributed by atoms with Crippen LogP contribution in [0.2, 0.25) is 0 Å². The van der Waals surface area contributed by atoms with Crippen LogP contribution in [0.4, 0.5) is 5.13 Å². The fourth-order valence-electron chi connectivity index (χ4n) is 3.59. The third-order valence-electron chi connectivity index (χ3n) is 5.22. The van der Waals surface area contributed by atoms with Crippen molar-refractivity contribution in [1.82, 2.24) is 24.8 Å². The number of hydrogen-bond acceptors (Lipinski definition) is 13. The molecular formula is C20H23N7O5S4. The van der Waals surface area contributed by atoms with Gasteiger partial charge in [0.2, 0.25) is 0 Å². The average Bonchev–Trinajstić information content (AvgIpc) is 3.47. The number of thiazole rings is 1. The molecule has 4 heterocycles. The van der Waals surface area contributed by atoms with E-state index in [1.807, 2.05) is 0 Å². The van der Waals surface area contributed by atoms with Crippen molar-refractivity contribution in [3.63, 3.8) is 0 Å². The van der Waals surface area contributed by atoms with Gasteiger partial charge in [0, 0.05) is 22.3 Å². The van der Waals surface area contributed by atoms with Crippen molar-refractivity contribution in [2.75, 3.05) is 24.3 Å². The van der Waals surface area contributed by atoms with Crippen LogP contribution in [-0.4, -0.2) is 78.1 Å². The lowest BCUT2D eigenvalue weighted by Crippen LogP contribution is -2.71. The van der Waals surface area contributed by atoms with Crippen molar-refractivity contribution in [1.29, 1.82) is 0 Å².